The van der Waals surface area contributed by atoms with Crippen molar-refractivity contribution in [2.45, 2.75) is 39.7 Å². The number of rotatable bonds is 6. The van der Waals surface area contributed by atoms with Crippen molar-refractivity contribution in [1.29, 1.82) is 0 Å². The quantitative estimate of drug-likeness (QED) is 0.886. The van der Waals surface area contributed by atoms with E-state index in [1.165, 1.54) is 0 Å². The maximum absolute atomic E-state index is 11.2. The number of fused-ring (bicyclic) bond motifs is 1. The SMILES string of the molecule is CCCn1c(C(C)C(C)C(=O)O)nc2cc(OC)ccc21. The fourth-order valence-corrected chi connectivity index (χ4v) is 2.50. The lowest BCUT2D eigenvalue weighted by Gasteiger charge is -2.17. The first-order valence-corrected chi connectivity index (χ1v) is 7.26. The van der Waals surface area contributed by atoms with Crippen LogP contribution in [0, 0.1) is 5.92 Å². The molecule has 1 aromatic carbocycles. The van der Waals surface area contributed by atoms with Gasteiger partial charge in [-0.25, -0.2) is 4.98 Å². The molecule has 5 nitrogen and oxygen atoms in total. The number of methoxy groups -OCH3 is 1. The van der Waals surface area contributed by atoms with Crippen LogP contribution in [0.25, 0.3) is 11.0 Å². The van der Waals surface area contributed by atoms with Gasteiger partial charge in [0.2, 0.25) is 0 Å². The summed E-state index contributed by atoms with van der Waals surface area (Å²) in [5, 5.41) is 9.23. The molecule has 114 valence electrons. The van der Waals surface area contributed by atoms with Gasteiger partial charge >= 0.3 is 5.97 Å². The number of aryl methyl sites for hydroxylation is 1. The number of carboxylic acid groups (broad SMARTS) is 1. The first-order valence-electron chi connectivity index (χ1n) is 7.26. The van der Waals surface area contributed by atoms with Crippen LogP contribution in [0.1, 0.15) is 38.9 Å². The molecule has 5 heteroatoms. The fraction of sp³-hybridized carbons (Fsp3) is 0.500. The van der Waals surface area contributed by atoms with Crippen LogP contribution in [0.15, 0.2) is 18.2 Å². The maximum Gasteiger partial charge on any atom is 0.306 e. The zero-order chi connectivity index (χ0) is 15.6. The van der Waals surface area contributed by atoms with Crippen LogP contribution < -0.4 is 4.74 Å². The Kier molecular flexibility index (Phi) is 4.50. The fourth-order valence-electron chi connectivity index (χ4n) is 2.50. The summed E-state index contributed by atoms with van der Waals surface area (Å²) in [6, 6.07) is 5.78. The van der Waals surface area contributed by atoms with E-state index < -0.39 is 11.9 Å². The van der Waals surface area contributed by atoms with Gasteiger partial charge in [0.05, 0.1) is 24.1 Å². The second-order valence-corrected chi connectivity index (χ2v) is 5.39. The molecular formula is C16H22N2O3. The molecule has 21 heavy (non-hydrogen) atoms. The zero-order valence-corrected chi connectivity index (χ0v) is 13.0. The average molecular weight is 290 g/mol. The van der Waals surface area contributed by atoms with Gasteiger partial charge in [-0.3, -0.25) is 4.79 Å². The third-order valence-electron chi connectivity index (χ3n) is 3.98. The van der Waals surface area contributed by atoms with Gasteiger partial charge in [-0.05, 0) is 18.6 Å². The summed E-state index contributed by atoms with van der Waals surface area (Å²) in [6.07, 6.45) is 0.971. The number of hydrogen-bond acceptors (Lipinski definition) is 3. The predicted molar refractivity (Wildman–Crippen MR) is 81.8 cm³/mol. The van der Waals surface area contributed by atoms with Crippen LogP contribution in [0.2, 0.25) is 0 Å². The van der Waals surface area contributed by atoms with Gasteiger partial charge in [-0.2, -0.15) is 0 Å². The number of nitrogens with zero attached hydrogens (tertiary/aromatic N) is 2. The van der Waals surface area contributed by atoms with Crippen molar-refractivity contribution in [1.82, 2.24) is 9.55 Å². The van der Waals surface area contributed by atoms with E-state index in [1.54, 1.807) is 14.0 Å². The largest absolute Gasteiger partial charge is 0.497 e. The molecule has 0 spiro atoms. The summed E-state index contributed by atoms with van der Waals surface area (Å²) in [5.74, 6) is 0.172. The molecule has 2 unspecified atom stereocenters. The lowest BCUT2D eigenvalue weighted by atomic mass is 9.95. The van der Waals surface area contributed by atoms with Gasteiger partial charge in [-0.15, -0.1) is 0 Å². The third kappa shape index (κ3) is 2.86. The molecule has 0 aliphatic rings. The van der Waals surface area contributed by atoms with Crippen molar-refractivity contribution in [2.24, 2.45) is 5.92 Å². The molecule has 1 aromatic heterocycles. The molecule has 0 bridgehead atoms. The summed E-state index contributed by atoms with van der Waals surface area (Å²) in [4.78, 5) is 15.9. The number of hydrogen-bond donors (Lipinski definition) is 1. The van der Waals surface area contributed by atoms with Crippen LogP contribution in [-0.2, 0) is 11.3 Å². The molecule has 0 fully saturated rings. The number of benzene rings is 1. The molecule has 0 amide bonds. The Morgan fingerprint density at radius 3 is 2.71 bits per heavy atom. The Morgan fingerprint density at radius 1 is 1.43 bits per heavy atom. The van der Waals surface area contributed by atoms with Crippen molar-refractivity contribution in [3.63, 3.8) is 0 Å². The molecule has 2 rings (SSSR count). The average Bonchev–Trinajstić information content (AvgIpc) is 2.83. The van der Waals surface area contributed by atoms with E-state index in [9.17, 15) is 9.90 Å². The molecule has 0 aliphatic heterocycles. The van der Waals surface area contributed by atoms with Crippen LogP contribution in [0.5, 0.6) is 5.75 Å². The van der Waals surface area contributed by atoms with E-state index in [2.05, 4.69) is 16.5 Å². The first-order chi connectivity index (χ1) is 9.99. The van der Waals surface area contributed by atoms with Crippen molar-refractivity contribution >= 4 is 17.0 Å². The molecule has 0 saturated heterocycles. The van der Waals surface area contributed by atoms with Crippen LogP contribution >= 0.6 is 0 Å². The van der Waals surface area contributed by atoms with Crippen LogP contribution in [-0.4, -0.2) is 27.7 Å². The van der Waals surface area contributed by atoms with E-state index >= 15 is 0 Å². The van der Waals surface area contributed by atoms with Gasteiger partial charge < -0.3 is 14.4 Å². The highest BCUT2D eigenvalue weighted by molar-refractivity contribution is 5.78. The van der Waals surface area contributed by atoms with Gasteiger partial charge in [-0.1, -0.05) is 20.8 Å². The Hall–Kier alpha value is -2.04. The molecule has 2 aromatic rings. The van der Waals surface area contributed by atoms with Gasteiger partial charge in [0.25, 0.3) is 0 Å². The lowest BCUT2D eigenvalue weighted by molar-refractivity contribution is -0.141. The second-order valence-electron chi connectivity index (χ2n) is 5.39. The van der Waals surface area contributed by atoms with E-state index in [4.69, 9.17) is 4.74 Å². The summed E-state index contributed by atoms with van der Waals surface area (Å²) in [7, 11) is 1.63. The topological polar surface area (TPSA) is 64.4 Å². The number of ether oxygens (including phenoxy) is 1. The van der Waals surface area contributed by atoms with Crippen molar-refractivity contribution in [2.75, 3.05) is 7.11 Å². The Morgan fingerprint density at radius 2 is 2.14 bits per heavy atom. The molecule has 1 heterocycles. The van der Waals surface area contributed by atoms with Gasteiger partial charge in [0.15, 0.2) is 0 Å². The Balaban J connectivity index is 2.55. The van der Waals surface area contributed by atoms with Crippen molar-refractivity contribution in [3.8, 4) is 5.75 Å². The van der Waals surface area contributed by atoms with Crippen molar-refractivity contribution in [3.05, 3.63) is 24.0 Å². The summed E-state index contributed by atoms with van der Waals surface area (Å²) >= 11 is 0. The first kappa shape index (κ1) is 15.4. The van der Waals surface area contributed by atoms with Crippen molar-refractivity contribution < 1.29 is 14.6 Å². The number of carbonyl (C=O) groups is 1. The standard InChI is InChI=1S/C16H22N2O3/c1-5-8-18-14-7-6-12(21-4)9-13(14)17-15(18)10(2)11(3)16(19)20/h6-7,9-11H,5,8H2,1-4H3,(H,19,20). The van der Waals surface area contributed by atoms with E-state index in [1.807, 2.05) is 25.1 Å². The summed E-state index contributed by atoms with van der Waals surface area (Å²) in [6.45, 7) is 6.58. The normalized spacial score (nSPS) is 14.1. The van der Waals surface area contributed by atoms with E-state index in [0.717, 1.165) is 35.6 Å². The third-order valence-corrected chi connectivity index (χ3v) is 3.98. The summed E-state index contributed by atoms with van der Waals surface area (Å²) in [5.41, 5.74) is 1.87. The minimum absolute atomic E-state index is 0.146. The van der Waals surface area contributed by atoms with Crippen LogP contribution in [0.3, 0.4) is 0 Å². The molecule has 1 N–H and O–H groups in total. The molecule has 2 atom stereocenters. The lowest BCUT2D eigenvalue weighted by Crippen LogP contribution is -2.20. The number of aromatic nitrogens is 2. The van der Waals surface area contributed by atoms with Crippen LogP contribution in [0.4, 0.5) is 0 Å². The minimum Gasteiger partial charge on any atom is -0.497 e. The Labute approximate surface area is 124 Å². The monoisotopic (exact) mass is 290 g/mol. The maximum atomic E-state index is 11.2. The molecule has 0 aliphatic carbocycles. The highest BCUT2D eigenvalue weighted by Crippen LogP contribution is 2.29. The molecule has 0 saturated carbocycles. The summed E-state index contributed by atoms with van der Waals surface area (Å²) < 4.78 is 7.36. The van der Waals surface area contributed by atoms with Gasteiger partial charge in [0.1, 0.15) is 11.6 Å². The minimum atomic E-state index is -0.796. The number of carboxylic acids is 1. The number of aliphatic carboxylic acids is 1. The number of imidazole rings is 1. The Bertz CT molecular complexity index is 648. The predicted octanol–water partition coefficient (Wildman–Crippen LogP) is 3.28. The van der Waals surface area contributed by atoms with Gasteiger partial charge in [0, 0.05) is 18.5 Å². The smallest absolute Gasteiger partial charge is 0.306 e. The van der Waals surface area contributed by atoms with E-state index in [0.29, 0.717) is 0 Å². The molecule has 0 radical (unpaired) electrons. The second kappa shape index (κ2) is 6.16. The zero-order valence-electron chi connectivity index (χ0n) is 13.0. The highest BCUT2D eigenvalue weighted by atomic mass is 16.5. The highest BCUT2D eigenvalue weighted by Gasteiger charge is 2.26. The molecular weight excluding hydrogens is 268 g/mol. The van der Waals surface area contributed by atoms with E-state index in [-0.39, 0.29) is 5.92 Å².